The summed E-state index contributed by atoms with van der Waals surface area (Å²) < 4.78 is 23.5. The number of rotatable bonds is 6. The van der Waals surface area contributed by atoms with Gasteiger partial charge < -0.3 is 4.90 Å². The van der Waals surface area contributed by atoms with E-state index in [0.29, 0.717) is 13.0 Å². The second kappa shape index (κ2) is 7.66. The molecule has 0 saturated carbocycles. The Kier molecular flexibility index (Phi) is 5.54. The second-order valence-corrected chi connectivity index (χ2v) is 9.42. The van der Waals surface area contributed by atoms with E-state index in [1.807, 2.05) is 42.6 Å². The van der Waals surface area contributed by atoms with Gasteiger partial charge in [-0.25, -0.2) is 13.4 Å². The maximum absolute atomic E-state index is 12.7. The maximum atomic E-state index is 12.7. The van der Waals surface area contributed by atoms with Gasteiger partial charge in [-0.15, -0.1) is 11.3 Å². The number of sulfone groups is 1. The smallest absolute Gasteiger partial charge is 0.228 e. The molecule has 1 fully saturated rings. The Morgan fingerprint density at radius 3 is 2.72 bits per heavy atom. The zero-order valence-electron chi connectivity index (χ0n) is 14.2. The van der Waals surface area contributed by atoms with Gasteiger partial charge in [0.05, 0.1) is 23.6 Å². The predicted molar refractivity (Wildman–Crippen MR) is 100 cm³/mol. The highest BCUT2D eigenvalue weighted by molar-refractivity contribution is 7.91. The van der Waals surface area contributed by atoms with Gasteiger partial charge in [-0.3, -0.25) is 4.79 Å². The number of amides is 1. The standard InChI is InChI=1S/C18H22N2O3S2/c1-2-9-20(16-8-10-25(22,23)13-16)17(21)11-15-12-24-18(19-15)14-6-4-3-5-7-14/h3-7,12,16H,2,8-11,13H2,1H3/t16-/m1/s1. The van der Waals surface area contributed by atoms with Crippen molar-refractivity contribution >= 4 is 27.1 Å². The monoisotopic (exact) mass is 378 g/mol. The van der Waals surface area contributed by atoms with Crippen LogP contribution < -0.4 is 0 Å². The summed E-state index contributed by atoms with van der Waals surface area (Å²) in [6.07, 6.45) is 1.58. The third-order valence-electron chi connectivity index (χ3n) is 4.34. The number of aromatic nitrogens is 1. The minimum absolute atomic E-state index is 0.0335. The summed E-state index contributed by atoms with van der Waals surface area (Å²) in [6.45, 7) is 2.59. The Hall–Kier alpha value is -1.73. The number of nitrogens with zero attached hydrogens (tertiary/aromatic N) is 2. The lowest BCUT2D eigenvalue weighted by atomic mass is 10.2. The van der Waals surface area contributed by atoms with Crippen molar-refractivity contribution in [3.05, 3.63) is 41.4 Å². The van der Waals surface area contributed by atoms with Crippen LogP contribution in [-0.4, -0.2) is 48.3 Å². The molecular formula is C18H22N2O3S2. The Bertz CT molecular complexity index is 831. The van der Waals surface area contributed by atoms with E-state index in [4.69, 9.17) is 0 Å². The summed E-state index contributed by atoms with van der Waals surface area (Å²) in [7, 11) is -3.00. The van der Waals surface area contributed by atoms with Crippen LogP contribution >= 0.6 is 11.3 Å². The Morgan fingerprint density at radius 1 is 1.32 bits per heavy atom. The normalized spacial score (nSPS) is 19.0. The first-order valence-electron chi connectivity index (χ1n) is 8.48. The van der Waals surface area contributed by atoms with Crippen molar-refractivity contribution in [3.63, 3.8) is 0 Å². The molecule has 5 nitrogen and oxygen atoms in total. The highest BCUT2D eigenvalue weighted by Crippen LogP contribution is 2.24. The van der Waals surface area contributed by atoms with Gasteiger partial charge >= 0.3 is 0 Å². The van der Waals surface area contributed by atoms with Crippen LogP contribution in [0.15, 0.2) is 35.7 Å². The van der Waals surface area contributed by atoms with Crippen LogP contribution in [0.2, 0.25) is 0 Å². The summed E-state index contributed by atoms with van der Waals surface area (Å²) in [5.74, 6) is 0.235. The SMILES string of the molecule is CCCN(C(=O)Cc1csc(-c2ccccc2)n1)[C@@H]1CCS(=O)(=O)C1. The summed E-state index contributed by atoms with van der Waals surface area (Å²) >= 11 is 1.52. The Labute approximate surface area is 152 Å². The number of benzene rings is 1. The average molecular weight is 379 g/mol. The fraction of sp³-hybridized carbons (Fsp3) is 0.444. The molecule has 1 aromatic heterocycles. The molecule has 2 aromatic rings. The van der Waals surface area contributed by atoms with E-state index in [2.05, 4.69) is 4.98 Å². The van der Waals surface area contributed by atoms with Crippen molar-refractivity contribution < 1.29 is 13.2 Å². The van der Waals surface area contributed by atoms with Crippen LogP contribution in [0.5, 0.6) is 0 Å². The molecule has 25 heavy (non-hydrogen) atoms. The quantitative estimate of drug-likeness (QED) is 0.775. The zero-order chi connectivity index (χ0) is 17.9. The van der Waals surface area contributed by atoms with Crippen molar-refractivity contribution in [1.82, 2.24) is 9.88 Å². The Morgan fingerprint density at radius 2 is 2.08 bits per heavy atom. The molecule has 1 saturated heterocycles. The fourth-order valence-corrected chi connectivity index (χ4v) is 5.69. The Balaban J connectivity index is 1.70. The van der Waals surface area contributed by atoms with Gasteiger partial charge in [0, 0.05) is 23.5 Å². The molecule has 1 aliphatic heterocycles. The fourth-order valence-electron chi connectivity index (χ4n) is 3.13. The minimum Gasteiger partial charge on any atom is -0.338 e. The van der Waals surface area contributed by atoms with Crippen molar-refractivity contribution in [2.45, 2.75) is 32.2 Å². The van der Waals surface area contributed by atoms with Crippen molar-refractivity contribution in [2.75, 3.05) is 18.1 Å². The average Bonchev–Trinajstić information content (AvgIpc) is 3.19. The molecule has 1 aromatic carbocycles. The van der Waals surface area contributed by atoms with Crippen LogP contribution in [-0.2, 0) is 21.1 Å². The van der Waals surface area contributed by atoms with E-state index >= 15 is 0 Å². The molecule has 0 N–H and O–H groups in total. The first kappa shape index (κ1) is 18.1. The molecule has 134 valence electrons. The number of carbonyl (C=O) groups excluding carboxylic acids is 1. The molecule has 1 atom stereocenters. The molecule has 0 spiro atoms. The van der Waals surface area contributed by atoms with Crippen molar-refractivity contribution in [2.24, 2.45) is 0 Å². The van der Waals surface area contributed by atoms with Crippen LogP contribution in [0.1, 0.15) is 25.5 Å². The van der Waals surface area contributed by atoms with Gasteiger partial charge in [0.25, 0.3) is 0 Å². The van der Waals surface area contributed by atoms with Gasteiger partial charge in [0.15, 0.2) is 9.84 Å². The van der Waals surface area contributed by atoms with Crippen molar-refractivity contribution in [3.8, 4) is 10.6 Å². The molecule has 0 unspecified atom stereocenters. The molecule has 1 amide bonds. The maximum Gasteiger partial charge on any atom is 0.228 e. The molecule has 2 heterocycles. The lowest BCUT2D eigenvalue weighted by Gasteiger charge is -2.27. The van der Waals surface area contributed by atoms with Crippen LogP contribution in [0, 0.1) is 0 Å². The number of carbonyl (C=O) groups is 1. The molecule has 0 radical (unpaired) electrons. The van der Waals surface area contributed by atoms with E-state index in [1.165, 1.54) is 11.3 Å². The van der Waals surface area contributed by atoms with E-state index in [-0.39, 0.29) is 29.9 Å². The minimum atomic E-state index is -3.00. The zero-order valence-corrected chi connectivity index (χ0v) is 15.9. The van der Waals surface area contributed by atoms with Crippen LogP contribution in [0.3, 0.4) is 0 Å². The molecule has 3 rings (SSSR count). The summed E-state index contributed by atoms with van der Waals surface area (Å²) in [6, 6.07) is 9.69. The summed E-state index contributed by atoms with van der Waals surface area (Å²) in [4.78, 5) is 19.1. The topological polar surface area (TPSA) is 67.3 Å². The summed E-state index contributed by atoms with van der Waals surface area (Å²) in [5.41, 5.74) is 1.79. The predicted octanol–water partition coefficient (Wildman–Crippen LogP) is 2.78. The molecule has 7 heteroatoms. The van der Waals surface area contributed by atoms with E-state index in [0.717, 1.165) is 22.7 Å². The highest BCUT2D eigenvalue weighted by Gasteiger charge is 2.34. The second-order valence-electron chi connectivity index (χ2n) is 6.33. The third kappa shape index (κ3) is 4.46. The number of hydrogen-bond donors (Lipinski definition) is 0. The van der Waals surface area contributed by atoms with Gasteiger partial charge in [0.2, 0.25) is 5.91 Å². The summed E-state index contributed by atoms with van der Waals surface area (Å²) in [5, 5.41) is 2.81. The first-order chi connectivity index (χ1) is 12.0. The van der Waals surface area contributed by atoms with E-state index < -0.39 is 9.84 Å². The van der Waals surface area contributed by atoms with Gasteiger partial charge in [-0.05, 0) is 12.8 Å². The first-order valence-corrected chi connectivity index (χ1v) is 11.2. The largest absolute Gasteiger partial charge is 0.338 e. The third-order valence-corrected chi connectivity index (χ3v) is 7.03. The molecular weight excluding hydrogens is 356 g/mol. The highest BCUT2D eigenvalue weighted by atomic mass is 32.2. The molecule has 0 aliphatic carbocycles. The molecule has 1 aliphatic rings. The number of hydrogen-bond acceptors (Lipinski definition) is 5. The lowest BCUT2D eigenvalue weighted by molar-refractivity contribution is -0.132. The van der Waals surface area contributed by atoms with Crippen LogP contribution in [0.4, 0.5) is 0 Å². The van der Waals surface area contributed by atoms with E-state index in [9.17, 15) is 13.2 Å². The van der Waals surface area contributed by atoms with Gasteiger partial charge in [0.1, 0.15) is 5.01 Å². The van der Waals surface area contributed by atoms with E-state index in [1.54, 1.807) is 4.90 Å². The molecule has 0 bridgehead atoms. The van der Waals surface area contributed by atoms with Gasteiger partial charge in [-0.1, -0.05) is 37.3 Å². The van der Waals surface area contributed by atoms with Crippen molar-refractivity contribution in [1.29, 1.82) is 0 Å². The van der Waals surface area contributed by atoms with Crippen LogP contribution in [0.25, 0.3) is 10.6 Å². The van der Waals surface area contributed by atoms with Gasteiger partial charge in [-0.2, -0.15) is 0 Å². The number of thiazole rings is 1. The lowest BCUT2D eigenvalue weighted by Crippen LogP contribution is -2.42.